The summed E-state index contributed by atoms with van der Waals surface area (Å²) in [6.45, 7) is 7.46. The van der Waals surface area contributed by atoms with Gasteiger partial charge in [-0.05, 0) is 58.9 Å². The van der Waals surface area contributed by atoms with E-state index in [2.05, 4.69) is 43.2 Å². The van der Waals surface area contributed by atoms with Crippen molar-refractivity contribution in [2.24, 2.45) is 0 Å². The molecule has 1 aliphatic rings. The summed E-state index contributed by atoms with van der Waals surface area (Å²) in [4.78, 5) is 3.52. The first-order valence-corrected chi connectivity index (χ1v) is 9.10. The van der Waals surface area contributed by atoms with Gasteiger partial charge in [0.05, 0.1) is 13.2 Å². The van der Waals surface area contributed by atoms with Crippen molar-refractivity contribution < 1.29 is 9.13 Å². The summed E-state index contributed by atoms with van der Waals surface area (Å²) >= 11 is 0. The lowest BCUT2D eigenvalue weighted by molar-refractivity contribution is 0.397. The highest BCUT2D eigenvalue weighted by atomic mass is 19.1. The molecule has 0 radical (unpaired) electrons. The Hall–Kier alpha value is -2.33. The first kappa shape index (κ1) is 17.1. The molecule has 0 bridgehead atoms. The molecule has 4 rings (SSSR count). The normalized spacial score (nSPS) is 17.3. The van der Waals surface area contributed by atoms with Gasteiger partial charge in [0.2, 0.25) is 0 Å². The maximum Gasteiger partial charge on any atom is 0.123 e. The van der Waals surface area contributed by atoms with Gasteiger partial charge in [-0.1, -0.05) is 26.8 Å². The van der Waals surface area contributed by atoms with E-state index in [-0.39, 0.29) is 17.3 Å². The Kier molecular flexibility index (Phi) is 4.03. The number of nitrogens with one attached hydrogen (secondary N) is 2. The van der Waals surface area contributed by atoms with E-state index < -0.39 is 0 Å². The highest BCUT2D eigenvalue weighted by Gasteiger charge is 2.27. The monoisotopic (exact) mass is 352 g/mol. The SMILES string of the molecule is COc1ccc(C2NCCc3c2[nH]c2ccc(F)cc32)cc1C(C)(C)C. The van der Waals surface area contributed by atoms with Crippen molar-refractivity contribution in [1.29, 1.82) is 0 Å². The second kappa shape index (κ2) is 6.13. The van der Waals surface area contributed by atoms with Crippen LogP contribution < -0.4 is 10.1 Å². The van der Waals surface area contributed by atoms with E-state index in [1.54, 1.807) is 13.2 Å². The van der Waals surface area contributed by atoms with Crippen LogP contribution in [0.15, 0.2) is 36.4 Å². The van der Waals surface area contributed by atoms with Crippen molar-refractivity contribution in [1.82, 2.24) is 10.3 Å². The number of H-pyrrole nitrogens is 1. The molecule has 4 heteroatoms. The van der Waals surface area contributed by atoms with Gasteiger partial charge in [0, 0.05) is 23.1 Å². The standard InChI is InChI=1S/C22H25FN2O/c1-22(2,3)17-11-13(5-8-19(17)26-4)20-21-15(9-10-24-20)16-12-14(23)6-7-18(16)25-21/h5-8,11-12,20,24-25H,9-10H2,1-4H3. The minimum Gasteiger partial charge on any atom is -0.496 e. The number of hydrogen-bond donors (Lipinski definition) is 2. The van der Waals surface area contributed by atoms with E-state index in [4.69, 9.17) is 4.74 Å². The summed E-state index contributed by atoms with van der Waals surface area (Å²) < 4.78 is 19.3. The van der Waals surface area contributed by atoms with Crippen LogP contribution in [0, 0.1) is 5.82 Å². The van der Waals surface area contributed by atoms with Crippen molar-refractivity contribution in [3.8, 4) is 5.75 Å². The summed E-state index contributed by atoms with van der Waals surface area (Å²) in [6, 6.07) is 11.5. The number of hydrogen-bond acceptors (Lipinski definition) is 2. The molecule has 1 atom stereocenters. The molecule has 2 aromatic carbocycles. The molecule has 1 aliphatic heterocycles. The third-order valence-electron chi connectivity index (χ3n) is 5.28. The molecule has 0 spiro atoms. The van der Waals surface area contributed by atoms with E-state index >= 15 is 0 Å². The van der Waals surface area contributed by atoms with E-state index in [1.165, 1.54) is 22.8 Å². The molecule has 3 nitrogen and oxygen atoms in total. The molecule has 0 saturated heterocycles. The third kappa shape index (κ3) is 2.78. The van der Waals surface area contributed by atoms with Crippen LogP contribution in [0.5, 0.6) is 5.75 Å². The third-order valence-corrected chi connectivity index (χ3v) is 5.28. The second-order valence-electron chi connectivity index (χ2n) is 8.05. The van der Waals surface area contributed by atoms with Crippen LogP contribution in [-0.2, 0) is 11.8 Å². The minimum absolute atomic E-state index is 0.0115. The smallest absolute Gasteiger partial charge is 0.123 e. The number of halogens is 1. The molecule has 1 aromatic heterocycles. The largest absolute Gasteiger partial charge is 0.496 e. The van der Waals surface area contributed by atoms with Crippen molar-refractivity contribution in [3.05, 3.63) is 64.6 Å². The van der Waals surface area contributed by atoms with Crippen molar-refractivity contribution in [3.63, 3.8) is 0 Å². The summed E-state index contributed by atoms with van der Waals surface area (Å²) in [5.74, 6) is 0.727. The van der Waals surface area contributed by atoms with Crippen LogP contribution in [0.3, 0.4) is 0 Å². The van der Waals surface area contributed by atoms with Crippen LogP contribution in [0.2, 0.25) is 0 Å². The Morgan fingerprint density at radius 2 is 1.92 bits per heavy atom. The predicted octanol–water partition coefficient (Wildman–Crippen LogP) is 4.85. The zero-order chi connectivity index (χ0) is 18.5. The Morgan fingerprint density at radius 3 is 2.65 bits per heavy atom. The van der Waals surface area contributed by atoms with Gasteiger partial charge in [-0.2, -0.15) is 0 Å². The van der Waals surface area contributed by atoms with Gasteiger partial charge in [0.15, 0.2) is 0 Å². The molecule has 3 aromatic rings. The number of fused-ring (bicyclic) bond motifs is 3. The van der Waals surface area contributed by atoms with Gasteiger partial charge in [-0.3, -0.25) is 0 Å². The Labute approximate surface area is 153 Å². The molecule has 0 aliphatic carbocycles. The minimum atomic E-state index is -0.186. The van der Waals surface area contributed by atoms with Crippen LogP contribution in [-0.4, -0.2) is 18.6 Å². The molecule has 0 amide bonds. The summed E-state index contributed by atoms with van der Waals surface area (Å²) in [7, 11) is 1.72. The van der Waals surface area contributed by atoms with Gasteiger partial charge < -0.3 is 15.0 Å². The van der Waals surface area contributed by atoms with Gasteiger partial charge in [0.1, 0.15) is 11.6 Å². The molecule has 1 unspecified atom stereocenters. The fraction of sp³-hybridized carbons (Fsp3) is 0.364. The van der Waals surface area contributed by atoms with Crippen molar-refractivity contribution >= 4 is 10.9 Å². The zero-order valence-corrected chi connectivity index (χ0v) is 15.7. The number of aromatic nitrogens is 1. The average Bonchev–Trinajstić information content (AvgIpc) is 2.98. The predicted molar refractivity (Wildman–Crippen MR) is 104 cm³/mol. The van der Waals surface area contributed by atoms with E-state index in [9.17, 15) is 4.39 Å². The van der Waals surface area contributed by atoms with Crippen LogP contribution in [0.25, 0.3) is 10.9 Å². The fourth-order valence-corrected chi connectivity index (χ4v) is 3.98. The average molecular weight is 352 g/mol. The molecule has 0 saturated carbocycles. The maximum atomic E-state index is 13.7. The van der Waals surface area contributed by atoms with Gasteiger partial charge in [-0.25, -0.2) is 4.39 Å². The van der Waals surface area contributed by atoms with E-state index in [1.807, 2.05) is 12.1 Å². The van der Waals surface area contributed by atoms with E-state index in [0.717, 1.165) is 35.3 Å². The zero-order valence-electron chi connectivity index (χ0n) is 15.7. The van der Waals surface area contributed by atoms with Gasteiger partial charge in [-0.15, -0.1) is 0 Å². The number of benzene rings is 2. The number of ether oxygens (including phenoxy) is 1. The summed E-state index contributed by atoms with van der Waals surface area (Å²) in [6.07, 6.45) is 0.900. The first-order valence-electron chi connectivity index (χ1n) is 9.10. The molecule has 2 heterocycles. The van der Waals surface area contributed by atoms with Gasteiger partial charge >= 0.3 is 0 Å². The molecule has 0 fully saturated rings. The van der Waals surface area contributed by atoms with Gasteiger partial charge in [0.25, 0.3) is 0 Å². The lowest BCUT2D eigenvalue weighted by Gasteiger charge is -2.28. The topological polar surface area (TPSA) is 37.0 Å². The molecular formula is C22H25FN2O. The maximum absolute atomic E-state index is 13.7. The lowest BCUT2D eigenvalue weighted by Crippen LogP contribution is -2.30. The second-order valence-corrected chi connectivity index (χ2v) is 8.05. The lowest BCUT2D eigenvalue weighted by atomic mass is 9.83. The van der Waals surface area contributed by atoms with Crippen LogP contribution in [0.4, 0.5) is 4.39 Å². The Bertz CT molecular complexity index is 968. The first-order chi connectivity index (χ1) is 12.4. The highest BCUT2D eigenvalue weighted by Crippen LogP contribution is 2.38. The van der Waals surface area contributed by atoms with E-state index in [0.29, 0.717) is 0 Å². The molecular weight excluding hydrogens is 327 g/mol. The molecule has 136 valence electrons. The fourth-order valence-electron chi connectivity index (χ4n) is 3.98. The number of methoxy groups -OCH3 is 1. The number of aromatic amines is 1. The number of rotatable bonds is 2. The van der Waals surface area contributed by atoms with Crippen LogP contribution in [0.1, 0.15) is 49.2 Å². The molecule has 2 N–H and O–H groups in total. The Morgan fingerprint density at radius 1 is 1.12 bits per heavy atom. The van der Waals surface area contributed by atoms with Crippen molar-refractivity contribution in [2.45, 2.75) is 38.6 Å². The van der Waals surface area contributed by atoms with Crippen molar-refractivity contribution in [2.75, 3.05) is 13.7 Å². The highest BCUT2D eigenvalue weighted by molar-refractivity contribution is 5.85. The summed E-state index contributed by atoms with van der Waals surface area (Å²) in [5.41, 5.74) is 5.73. The summed E-state index contributed by atoms with van der Waals surface area (Å²) in [5, 5.41) is 4.61. The quantitative estimate of drug-likeness (QED) is 0.692. The van der Waals surface area contributed by atoms with Crippen LogP contribution >= 0.6 is 0 Å². The molecule has 26 heavy (non-hydrogen) atoms. The Balaban J connectivity index is 1.85.